The van der Waals surface area contributed by atoms with E-state index < -0.39 is 5.91 Å². The Hall–Kier alpha value is -3.79. The van der Waals surface area contributed by atoms with Crippen LogP contribution < -0.4 is 32.7 Å². The Morgan fingerprint density at radius 1 is 1.32 bits per heavy atom. The summed E-state index contributed by atoms with van der Waals surface area (Å²) in [4.78, 5) is 24.1. The Balaban J connectivity index is 1.59. The molecule has 4 rings (SSSR count). The van der Waals surface area contributed by atoms with Gasteiger partial charge in [-0.3, -0.25) is 14.8 Å². The standard InChI is InChI=1S/C24H32N8O2/c1-13(2)15-8-19-22(30-9-15)20(23(27)34-19)24(33)31-17-10-28-6-4-18(17)32-11-14(3)21(16(26)12-32)29-7-5-25/h4-10,13-14,16,21,29H,11-12,25-27H2,1-3H3,(H,31,33)/b7-5-/t14?,16?,21-/m0/s1. The average molecular weight is 465 g/mol. The van der Waals surface area contributed by atoms with Gasteiger partial charge in [-0.2, -0.15) is 0 Å². The second kappa shape index (κ2) is 9.60. The van der Waals surface area contributed by atoms with Crippen LogP contribution in [0.25, 0.3) is 11.1 Å². The second-order valence-corrected chi connectivity index (χ2v) is 9.06. The summed E-state index contributed by atoms with van der Waals surface area (Å²) in [6.45, 7) is 7.60. The fourth-order valence-electron chi connectivity index (χ4n) is 4.47. The molecule has 1 fully saturated rings. The first-order valence-corrected chi connectivity index (χ1v) is 11.4. The smallest absolute Gasteiger partial charge is 0.263 e. The van der Waals surface area contributed by atoms with Gasteiger partial charge in [0.2, 0.25) is 5.88 Å². The number of carbonyl (C=O) groups is 1. The van der Waals surface area contributed by atoms with E-state index in [0.29, 0.717) is 23.3 Å². The van der Waals surface area contributed by atoms with Gasteiger partial charge in [0.25, 0.3) is 5.91 Å². The van der Waals surface area contributed by atoms with Crippen LogP contribution in [0.4, 0.5) is 17.3 Å². The summed E-state index contributed by atoms with van der Waals surface area (Å²) in [5.41, 5.74) is 21.5. The molecule has 1 aliphatic rings. The van der Waals surface area contributed by atoms with E-state index in [1.54, 1.807) is 24.8 Å². The van der Waals surface area contributed by atoms with Gasteiger partial charge in [-0.15, -0.1) is 0 Å². The zero-order valence-corrected chi connectivity index (χ0v) is 19.7. The van der Waals surface area contributed by atoms with Crippen molar-refractivity contribution in [1.29, 1.82) is 0 Å². The highest BCUT2D eigenvalue weighted by molar-refractivity contribution is 6.15. The first-order chi connectivity index (χ1) is 16.3. The lowest BCUT2D eigenvalue weighted by atomic mass is 9.90. The van der Waals surface area contributed by atoms with Crippen LogP contribution in [0, 0.1) is 5.92 Å². The summed E-state index contributed by atoms with van der Waals surface area (Å²) in [6.07, 6.45) is 8.24. The number of carbonyl (C=O) groups excluding carboxylic acids is 1. The van der Waals surface area contributed by atoms with Gasteiger partial charge in [0.1, 0.15) is 11.1 Å². The fourth-order valence-corrected chi connectivity index (χ4v) is 4.47. The van der Waals surface area contributed by atoms with Gasteiger partial charge in [0, 0.05) is 50.0 Å². The van der Waals surface area contributed by atoms with Crippen molar-refractivity contribution >= 4 is 34.3 Å². The van der Waals surface area contributed by atoms with Crippen molar-refractivity contribution in [2.75, 3.05) is 29.0 Å². The molecule has 2 unspecified atom stereocenters. The third-order valence-corrected chi connectivity index (χ3v) is 6.26. The maximum atomic E-state index is 13.3. The van der Waals surface area contributed by atoms with Crippen LogP contribution in [-0.4, -0.2) is 41.0 Å². The summed E-state index contributed by atoms with van der Waals surface area (Å²) in [6, 6.07) is 3.70. The molecule has 4 heterocycles. The van der Waals surface area contributed by atoms with Crippen molar-refractivity contribution in [2.24, 2.45) is 17.4 Å². The number of nitrogens with two attached hydrogens (primary N) is 3. The molecule has 10 nitrogen and oxygen atoms in total. The van der Waals surface area contributed by atoms with Gasteiger partial charge in [0.05, 0.1) is 17.6 Å². The minimum atomic E-state index is -0.405. The topological polar surface area (TPSA) is 161 Å². The maximum absolute atomic E-state index is 13.3. The van der Waals surface area contributed by atoms with Crippen LogP contribution in [0.3, 0.4) is 0 Å². The Labute approximate surface area is 198 Å². The van der Waals surface area contributed by atoms with Crippen LogP contribution in [0.2, 0.25) is 0 Å². The number of nitrogen functional groups attached to an aromatic ring is 1. The van der Waals surface area contributed by atoms with Crippen LogP contribution in [0.15, 0.2) is 47.5 Å². The summed E-state index contributed by atoms with van der Waals surface area (Å²) in [5, 5.41) is 6.22. The van der Waals surface area contributed by atoms with Crippen molar-refractivity contribution in [3.05, 3.63) is 54.3 Å². The fraction of sp³-hybridized carbons (Fsp3) is 0.375. The number of hydrogen-bond donors (Lipinski definition) is 5. The molecule has 3 atom stereocenters. The number of hydrogen-bond acceptors (Lipinski definition) is 9. The van der Waals surface area contributed by atoms with E-state index in [1.807, 2.05) is 12.1 Å². The number of anilines is 3. The third kappa shape index (κ3) is 4.49. The number of aromatic nitrogens is 2. The largest absolute Gasteiger partial charge is 0.438 e. The number of piperidine rings is 1. The minimum Gasteiger partial charge on any atom is -0.438 e. The molecule has 0 aliphatic carbocycles. The van der Waals surface area contributed by atoms with Gasteiger partial charge in [0.15, 0.2) is 5.58 Å². The normalized spacial score (nSPS) is 20.9. The number of furan rings is 1. The number of pyridine rings is 2. The summed E-state index contributed by atoms with van der Waals surface area (Å²) < 4.78 is 5.66. The quantitative estimate of drug-likeness (QED) is 0.369. The SMILES string of the molecule is CC(C)c1cnc2c(C(=O)Nc3cnccc3N3CC(C)[C@H](N/C=C\N)C(N)C3)c(N)oc2c1. The van der Waals surface area contributed by atoms with Crippen molar-refractivity contribution in [3.63, 3.8) is 0 Å². The van der Waals surface area contributed by atoms with E-state index in [-0.39, 0.29) is 35.4 Å². The molecule has 10 heteroatoms. The van der Waals surface area contributed by atoms with Crippen LogP contribution >= 0.6 is 0 Å². The predicted octanol–water partition coefficient (Wildman–Crippen LogP) is 2.35. The molecule has 34 heavy (non-hydrogen) atoms. The van der Waals surface area contributed by atoms with E-state index in [4.69, 9.17) is 21.6 Å². The monoisotopic (exact) mass is 464 g/mol. The van der Waals surface area contributed by atoms with Crippen LogP contribution in [-0.2, 0) is 0 Å². The molecule has 3 aromatic heterocycles. The number of rotatable bonds is 6. The van der Waals surface area contributed by atoms with Crippen molar-refractivity contribution < 1.29 is 9.21 Å². The Kier molecular flexibility index (Phi) is 6.60. The second-order valence-electron chi connectivity index (χ2n) is 9.06. The maximum Gasteiger partial charge on any atom is 0.263 e. The Morgan fingerprint density at radius 2 is 2.12 bits per heavy atom. The molecule has 0 saturated carbocycles. The molecule has 0 bridgehead atoms. The van der Waals surface area contributed by atoms with Crippen LogP contribution in [0.1, 0.15) is 42.6 Å². The first kappa shape index (κ1) is 23.4. The lowest BCUT2D eigenvalue weighted by molar-refractivity contribution is 0.102. The molecule has 180 valence electrons. The highest BCUT2D eigenvalue weighted by Crippen LogP contribution is 2.32. The van der Waals surface area contributed by atoms with Crippen LogP contribution in [0.5, 0.6) is 0 Å². The Bertz CT molecular complexity index is 1190. The van der Waals surface area contributed by atoms with Crippen molar-refractivity contribution in [3.8, 4) is 0 Å². The van der Waals surface area contributed by atoms with E-state index >= 15 is 0 Å². The van der Waals surface area contributed by atoms with E-state index in [0.717, 1.165) is 17.8 Å². The highest BCUT2D eigenvalue weighted by Gasteiger charge is 2.33. The molecule has 8 N–H and O–H groups in total. The van der Waals surface area contributed by atoms with Gasteiger partial charge < -0.3 is 37.2 Å². The minimum absolute atomic E-state index is 0.0295. The highest BCUT2D eigenvalue weighted by atomic mass is 16.3. The molecule has 0 radical (unpaired) electrons. The van der Waals surface area contributed by atoms with Gasteiger partial charge >= 0.3 is 0 Å². The molecule has 0 aromatic carbocycles. The van der Waals surface area contributed by atoms with Gasteiger partial charge in [-0.1, -0.05) is 20.8 Å². The zero-order valence-electron chi connectivity index (χ0n) is 19.7. The number of fused-ring (bicyclic) bond motifs is 1. The predicted molar refractivity (Wildman–Crippen MR) is 134 cm³/mol. The summed E-state index contributed by atoms with van der Waals surface area (Å²) in [5.74, 6) is 0.140. The summed E-state index contributed by atoms with van der Waals surface area (Å²) >= 11 is 0. The molecule has 1 aliphatic heterocycles. The van der Waals surface area contributed by atoms with E-state index in [1.165, 1.54) is 6.20 Å². The Morgan fingerprint density at radius 3 is 2.82 bits per heavy atom. The molecule has 0 spiro atoms. The van der Waals surface area contributed by atoms with Crippen molar-refractivity contribution in [1.82, 2.24) is 15.3 Å². The van der Waals surface area contributed by atoms with E-state index in [2.05, 4.69) is 46.3 Å². The molecule has 1 saturated heterocycles. The number of nitrogens with zero attached hydrogens (tertiary/aromatic N) is 3. The lowest BCUT2D eigenvalue weighted by Gasteiger charge is -2.42. The average Bonchev–Trinajstić information content (AvgIpc) is 3.13. The molecule has 3 aromatic rings. The number of nitrogens with one attached hydrogen (secondary N) is 2. The van der Waals surface area contributed by atoms with Gasteiger partial charge in [-0.25, -0.2) is 0 Å². The summed E-state index contributed by atoms with van der Waals surface area (Å²) in [7, 11) is 0. The molecule has 1 amide bonds. The molecular formula is C24H32N8O2. The first-order valence-electron chi connectivity index (χ1n) is 11.4. The van der Waals surface area contributed by atoms with E-state index in [9.17, 15) is 4.79 Å². The lowest BCUT2D eigenvalue weighted by Crippen LogP contribution is -2.60. The van der Waals surface area contributed by atoms with Crippen molar-refractivity contribution in [2.45, 2.75) is 38.8 Å². The van der Waals surface area contributed by atoms with Gasteiger partial charge in [-0.05, 0) is 29.5 Å². The zero-order chi connectivity index (χ0) is 24.4. The molecular weight excluding hydrogens is 432 g/mol. The number of amides is 1. The third-order valence-electron chi connectivity index (χ3n) is 6.26.